The number of carbonyl (C=O) groups excluding carboxylic acids is 1. The molecule has 2 aromatic carbocycles. The van der Waals surface area contributed by atoms with E-state index < -0.39 is 0 Å². The molecule has 5 nitrogen and oxygen atoms in total. The number of rotatable bonds is 7. The van der Waals surface area contributed by atoms with Crippen molar-refractivity contribution in [2.45, 2.75) is 25.4 Å². The van der Waals surface area contributed by atoms with E-state index in [1.165, 1.54) is 12.1 Å². The molecule has 0 bridgehead atoms. The van der Waals surface area contributed by atoms with Crippen LogP contribution >= 0.6 is 0 Å². The van der Waals surface area contributed by atoms with Gasteiger partial charge in [0.25, 0.3) is 0 Å². The van der Waals surface area contributed by atoms with E-state index in [1.54, 1.807) is 7.11 Å². The van der Waals surface area contributed by atoms with Crippen LogP contribution in [0.1, 0.15) is 18.4 Å². The molecule has 2 aromatic rings. The van der Waals surface area contributed by atoms with Gasteiger partial charge in [-0.05, 0) is 54.8 Å². The van der Waals surface area contributed by atoms with Gasteiger partial charge < -0.3 is 14.5 Å². The highest BCUT2D eigenvalue weighted by Gasteiger charge is 2.32. The smallest absolute Gasteiger partial charge is 0.236 e. The third-order valence-electron chi connectivity index (χ3n) is 5.77. The molecule has 0 aromatic heterocycles. The maximum absolute atomic E-state index is 13.2. The van der Waals surface area contributed by atoms with Gasteiger partial charge in [0.1, 0.15) is 11.6 Å². The molecule has 0 spiro atoms. The number of amides is 1. The Morgan fingerprint density at radius 1 is 1.03 bits per heavy atom. The van der Waals surface area contributed by atoms with Crippen LogP contribution in [0.3, 0.4) is 0 Å². The first-order chi connectivity index (χ1) is 14.1. The molecule has 1 aliphatic carbocycles. The molecule has 1 saturated carbocycles. The predicted octanol–water partition coefficient (Wildman–Crippen LogP) is 3.15. The highest BCUT2D eigenvalue weighted by molar-refractivity contribution is 5.78. The summed E-state index contributed by atoms with van der Waals surface area (Å²) in [6.07, 6.45) is 2.28. The van der Waals surface area contributed by atoms with Crippen molar-refractivity contribution in [2.24, 2.45) is 0 Å². The summed E-state index contributed by atoms with van der Waals surface area (Å²) in [5.41, 5.74) is 2.21. The van der Waals surface area contributed by atoms with Gasteiger partial charge in [0.05, 0.1) is 13.7 Å². The van der Waals surface area contributed by atoms with Crippen LogP contribution in [0, 0.1) is 5.82 Å². The van der Waals surface area contributed by atoms with E-state index in [0.717, 1.165) is 56.0 Å². The number of hydrogen-bond acceptors (Lipinski definition) is 4. The van der Waals surface area contributed by atoms with Gasteiger partial charge in [0.15, 0.2) is 0 Å². The second-order valence-corrected chi connectivity index (χ2v) is 7.83. The lowest BCUT2D eigenvalue weighted by atomic mass is 10.2. The fourth-order valence-corrected chi connectivity index (χ4v) is 3.86. The van der Waals surface area contributed by atoms with E-state index in [1.807, 2.05) is 29.2 Å². The van der Waals surface area contributed by atoms with Crippen molar-refractivity contribution in [3.63, 3.8) is 0 Å². The molecular formula is C23H28FN3O2. The van der Waals surface area contributed by atoms with Crippen molar-refractivity contribution >= 4 is 11.6 Å². The predicted molar refractivity (Wildman–Crippen MR) is 112 cm³/mol. The van der Waals surface area contributed by atoms with Gasteiger partial charge in [-0.1, -0.05) is 12.1 Å². The first-order valence-electron chi connectivity index (χ1n) is 10.3. The van der Waals surface area contributed by atoms with Crippen molar-refractivity contribution < 1.29 is 13.9 Å². The molecule has 1 heterocycles. The molecule has 4 rings (SSSR count). The van der Waals surface area contributed by atoms with E-state index >= 15 is 0 Å². The Morgan fingerprint density at radius 2 is 1.69 bits per heavy atom. The van der Waals surface area contributed by atoms with E-state index in [2.05, 4.69) is 21.9 Å². The minimum atomic E-state index is -0.225. The topological polar surface area (TPSA) is 36.0 Å². The van der Waals surface area contributed by atoms with Crippen molar-refractivity contribution in [2.75, 3.05) is 44.7 Å². The standard InChI is InChI=1S/C23H28FN3O2/c1-29-22-10-8-20(9-11-22)25-12-14-26(15-13-25)23(28)17-27(21-6-7-21)16-18-2-4-19(24)5-3-18/h2-5,8-11,21H,6-7,12-17H2,1H3. The number of ether oxygens (including phenoxy) is 1. The molecule has 1 amide bonds. The number of anilines is 1. The molecule has 0 N–H and O–H groups in total. The molecule has 2 fully saturated rings. The summed E-state index contributed by atoms with van der Waals surface area (Å²) < 4.78 is 18.4. The molecule has 0 atom stereocenters. The number of carbonyl (C=O) groups is 1. The first-order valence-corrected chi connectivity index (χ1v) is 10.3. The van der Waals surface area contributed by atoms with E-state index in [4.69, 9.17) is 4.74 Å². The highest BCUT2D eigenvalue weighted by atomic mass is 19.1. The van der Waals surface area contributed by atoms with Gasteiger partial charge in [0, 0.05) is 44.5 Å². The Bertz CT molecular complexity index is 813. The Kier molecular flexibility index (Phi) is 6.00. The minimum Gasteiger partial charge on any atom is -0.497 e. The van der Waals surface area contributed by atoms with Gasteiger partial charge >= 0.3 is 0 Å². The monoisotopic (exact) mass is 397 g/mol. The van der Waals surface area contributed by atoms with Crippen LogP contribution in [0.2, 0.25) is 0 Å². The van der Waals surface area contributed by atoms with Crippen LogP contribution in [0.25, 0.3) is 0 Å². The third-order valence-corrected chi connectivity index (χ3v) is 5.77. The SMILES string of the molecule is COc1ccc(N2CCN(C(=O)CN(Cc3ccc(F)cc3)C3CC3)CC2)cc1. The summed E-state index contributed by atoms with van der Waals surface area (Å²) >= 11 is 0. The lowest BCUT2D eigenvalue weighted by Gasteiger charge is -2.37. The van der Waals surface area contributed by atoms with Gasteiger partial charge in [-0.3, -0.25) is 9.69 Å². The fraction of sp³-hybridized carbons (Fsp3) is 0.435. The van der Waals surface area contributed by atoms with Crippen LogP contribution in [0.5, 0.6) is 5.75 Å². The van der Waals surface area contributed by atoms with Crippen LogP contribution in [0.15, 0.2) is 48.5 Å². The normalized spacial score (nSPS) is 16.9. The number of benzene rings is 2. The molecule has 1 saturated heterocycles. The minimum absolute atomic E-state index is 0.188. The summed E-state index contributed by atoms with van der Waals surface area (Å²) in [6, 6.07) is 15.1. The number of piperazine rings is 1. The fourth-order valence-electron chi connectivity index (χ4n) is 3.86. The zero-order valence-corrected chi connectivity index (χ0v) is 16.9. The van der Waals surface area contributed by atoms with Crippen LogP contribution in [0.4, 0.5) is 10.1 Å². The molecular weight excluding hydrogens is 369 g/mol. The Morgan fingerprint density at radius 3 is 2.28 bits per heavy atom. The Balaban J connectivity index is 1.30. The van der Waals surface area contributed by atoms with Crippen LogP contribution < -0.4 is 9.64 Å². The summed E-state index contributed by atoms with van der Waals surface area (Å²) in [5.74, 6) is 0.815. The van der Waals surface area contributed by atoms with Gasteiger partial charge in [0.2, 0.25) is 5.91 Å². The first kappa shape index (κ1) is 19.7. The molecule has 0 radical (unpaired) electrons. The second-order valence-electron chi connectivity index (χ2n) is 7.83. The Hall–Kier alpha value is -2.60. The largest absolute Gasteiger partial charge is 0.497 e. The average molecular weight is 397 g/mol. The van der Waals surface area contributed by atoms with Crippen LogP contribution in [-0.4, -0.2) is 61.6 Å². The van der Waals surface area contributed by atoms with Crippen molar-refractivity contribution in [3.8, 4) is 5.75 Å². The average Bonchev–Trinajstić information content (AvgIpc) is 3.60. The molecule has 154 valence electrons. The van der Waals surface area contributed by atoms with Crippen molar-refractivity contribution in [1.82, 2.24) is 9.80 Å². The van der Waals surface area contributed by atoms with Crippen molar-refractivity contribution in [1.29, 1.82) is 0 Å². The van der Waals surface area contributed by atoms with Gasteiger partial charge in [-0.2, -0.15) is 0 Å². The van der Waals surface area contributed by atoms with E-state index in [9.17, 15) is 9.18 Å². The second kappa shape index (κ2) is 8.82. The van der Waals surface area contributed by atoms with Crippen molar-refractivity contribution in [3.05, 3.63) is 59.9 Å². The quantitative estimate of drug-likeness (QED) is 0.719. The zero-order valence-electron chi connectivity index (χ0n) is 16.9. The Labute approximate surface area is 171 Å². The molecule has 29 heavy (non-hydrogen) atoms. The zero-order chi connectivity index (χ0) is 20.2. The molecule has 1 aliphatic heterocycles. The lowest BCUT2D eigenvalue weighted by molar-refractivity contribution is -0.133. The summed E-state index contributed by atoms with van der Waals surface area (Å²) in [4.78, 5) is 19.4. The third kappa shape index (κ3) is 5.07. The lowest BCUT2D eigenvalue weighted by Crippen LogP contribution is -2.51. The number of nitrogens with zero attached hydrogens (tertiary/aromatic N) is 3. The van der Waals surface area contributed by atoms with Gasteiger partial charge in [-0.15, -0.1) is 0 Å². The maximum Gasteiger partial charge on any atom is 0.236 e. The number of hydrogen-bond donors (Lipinski definition) is 0. The summed E-state index contributed by atoms with van der Waals surface area (Å²) in [7, 11) is 1.67. The number of halogens is 1. The molecule has 0 unspecified atom stereocenters. The van der Waals surface area contributed by atoms with E-state index in [0.29, 0.717) is 19.1 Å². The van der Waals surface area contributed by atoms with Gasteiger partial charge in [-0.25, -0.2) is 4.39 Å². The molecule has 2 aliphatic rings. The highest BCUT2D eigenvalue weighted by Crippen LogP contribution is 2.28. The van der Waals surface area contributed by atoms with E-state index in [-0.39, 0.29) is 11.7 Å². The number of methoxy groups -OCH3 is 1. The maximum atomic E-state index is 13.2. The molecule has 6 heteroatoms. The van der Waals surface area contributed by atoms with Crippen LogP contribution in [-0.2, 0) is 11.3 Å². The summed E-state index contributed by atoms with van der Waals surface area (Å²) in [5, 5.41) is 0. The summed E-state index contributed by atoms with van der Waals surface area (Å²) in [6.45, 7) is 4.27.